The SMILES string of the molecule is CC(C)C(=O)Nc1cc(NC(=O)C(C)C)cc(C(=O)Nc2cc(O)ccc2O)c1. The number of amides is 3. The molecule has 29 heavy (non-hydrogen) atoms. The van der Waals surface area contributed by atoms with Crippen LogP contribution in [0.2, 0.25) is 0 Å². The molecule has 3 amide bonds. The summed E-state index contributed by atoms with van der Waals surface area (Å²) in [5.74, 6) is -1.96. The van der Waals surface area contributed by atoms with E-state index in [1.807, 2.05) is 0 Å². The molecule has 0 bridgehead atoms. The lowest BCUT2D eigenvalue weighted by Crippen LogP contribution is -2.21. The van der Waals surface area contributed by atoms with E-state index < -0.39 is 5.91 Å². The van der Waals surface area contributed by atoms with Crippen LogP contribution in [0, 0.1) is 11.8 Å². The summed E-state index contributed by atoms with van der Waals surface area (Å²) < 4.78 is 0. The molecule has 0 aliphatic heterocycles. The van der Waals surface area contributed by atoms with Crippen LogP contribution in [0.15, 0.2) is 36.4 Å². The maximum Gasteiger partial charge on any atom is 0.255 e. The molecule has 0 saturated carbocycles. The Balaban J connectivity index is 2.37. The van der Waals surface area contributed by atoms with Crippen LogP contribution in [0.25, 0.3) is 0 Å². The van der Waals surface area contributed by atoms with Crippen molar-refractivity contribution in [2.75, 3.05) is 16.0 Å². The largest absolute Gasteiger partial charge is 0.508 e. The van der Waals surface area contributed by atoms with E-state index in [4.69, 9.17) is 0 Å². The van der Waals surface area contributed by atoms with Gasteiger partial charge in [-0.3, -0.25) is 14.4 Å². The normalized spacial score (nSPS) is 10.7. The Morgan fingerprint density at radius 2 is 1.28 bits per heavy atom. The van der Waals surface area contributed by atoms with E-state index in [0.29, 0.717) is 11.4 Å². The van der Waals surface area contributed by atoms with Crippen molar-refractivity contribution in [1.82, 2.24) is 0 Å². The zero-order valence-electron chi connectivity index (χ0n) is 16.7. The van der Waals surface area contributed by atoms with Gasteiger partial charge in [-0.2, -0.15) is 0 Å². The van der Waals surface area contributed by atoms with Crippen LogP contribution in [0.1, 0.15) is 38.1 Å². The van der Waals surface area contributed by atoms with Crippen molar-refractivity contribution >= 4 is 34.8 Å². The predicted octanol–water partition coefficient (Wildman–Crippen LogP) is 3.54. The van der Waals surface area contributed by atoms with Crippen LogP contribution in [-0.4, -0.2) is 27.9 Å². The van der Waals surface area contributed by atoms with E-state index in [-0.39, 0.29) is 46.4 Å². The second-order valence-electron chi connectivity index (χ2n) is 7.24. The molecule has 0 aliphatic rings. The lowest BCUT2D eigenvalue weighted by molar-refractivity contribution is -0.119. The highest BCUT2D eigenvalue weighted by Gasteiger charge is 2.16. The summed E-state index contributed by atoms with van der Waals surface area (Å²) >= 11 is 0. The van der Waals surface area contributed by atoms with E-state index in [1.54, 1.807) is 33.8 Å². The van der Waals surface area contributed by atoms with E-state index >= 15 is 0 Å². The van der Waals surface area contributed by atoms with Gasteiger partial charge in [0.2, 0.25) is 11.8 Å². The highest BCUT2D eigenvalue weighted by molar-refractivity contribution is 6.07. The Morgan fingerprint density at radius 1 is 0.759 bits per heavy atom. The molecule has 0 fully saturated rings. The maximum absolute atomic E-state index is 12.7. The van der Waals surface area contributed by atoms with Gasteiger partial charge in [0.1, 0.15) is 11.5 Å². The number of anilines is 3. The summed E-state index contributed by atoms with van der Waals surface area (Å²) in [5.41, 5.74) is 0.860. The smallest absolute Gasteiger partial charge is 0.255 e. The standard InChI is InChI=1S/C21H25N3O5/c1-11(2)19(27)22-14-7-13(8-15(9-14)23-20(28)12(3)4)21(29)24-17-10-16(25)5-6-18(17)26/h5-12,25-26H,1-4H3,(H,22,27)(H,23,28)(H,24,29). The Kier molecular flexibility index (Phi) is 6.82. The van der Waals surface area contributed by atoms with E-state index in [0.717, 1.165) is 0 Å². The highest BCUT2D eigenvalue weighted by atomic mass is 16.3. The second-order valence-corrected chi connectivity index (χ2v) is 7.24. The molecule has 5 N–H and O–H groups in total. The maximum atomic E-state index is 12.7. The summed E-state index contributed by atoms with van der Waals surface area (Å²) in [6, 6.07) is 8.22. The summed E-state index contributed by atoms with van der Waals surface area (Å²) in [4.78, 5) is 36.8. The fourth-order valence-corrected chi connectivity index (χ4v) is 2.29. The van der Waals surface area contributed by atoms with Crippen molar-refractivity contribution in [2.45, 2.75) is 27.7 Å². The molecular formula is C21H25N3O5. The average Bonchev–Trinajstić information content (AvgIpc) is 2.64. The van der Waals surface area contributed by atoms with Gasteiger partial charge in [0.25, 0.3) is 5.91 Å². The highest BCUT2D eigenvalue weighted by Crippen LogP contribution is 2.28. The molecule has 0 spiro atoms. The summed E-state index contributed by atoms with van der Waals surface area (Å²) in [7, 11) is 0. The first-order valence-electron chi connectivity index (χ1n) is 9.17. The molecule has 2 rings (SSSR count). The molecule has 2 aromatic carbocycles. The van der Waals surface area contributed by atoms with Crippen molar-refractivity contribution in [1.29, 1.82) is 0 Å². The van der Waals surface area contributed by atoms with Crippen LogP contribution >= 0.6 is 0 Å². The van der Waals surface area contributed by atoms with Gasteiger partial charge in [-0.05, 0) is 30.3 Å². The Morgan fingerprint density at radius 3 is 1.76 bits per heavy atom. The Bertz CT molecular complexity index is 898. The number of hydrogen-bond acceptors (Lipinski definition) is 5. The summed E-state index contributed by atoms with van der Waals surface area (Å²) in [6.07, 6.45) is 0. The zero-order chi connectivity index (χ0) is 21.7. The van der Waals surface area contributed by atoms with Gasteiger partial charge in [0.05, 0.1) is 5.69 Å². The molecule has 0 aliphatic carbocycles. The zero-order valence-corrected chi connectivity index (χ0v) is 16.7. The van der Waals surface area contributed by atoms with E-state index in [1.165, 1.54) is 30.3 Å². The molecular weight excluding hydrogens is 374 g/mol. The number of nitrogens with one attached hydrogen (secondary N) is 3. The number of benzene rings is 2. The van der Waals surface area contributed by atoms with Crippen LogP contribution in [0.5, 0.6) is 11.5 Å². The first-order valence-corrected chi connectivity index (χ1v) is 9.17. The first-order chi connectivity index (χ1) is 13.6. The number of phenols is 2. The minimum absolute atomic E-state index is 0.0272. The minimum atomic E-state index is -0.591. The molecule has 154 valence electrons. The van der Waals surface area contributed by atoms with E-state index in [2.05, 4.69) is 16.0 Å². The predicted molar refractivity (Wildman–Crippen MR) is 111 cm³/mol. The first kappa shape index (κ1) is 21.7. The number of carbonyl (C=O) groups excluding carboxylic acids is 3. The molecule has 0 saturated heterocycles. The monoisotopic (exact) mass is 399 g/mol. The van der Waals surface area contributed by atoms with Crippen LogP contribution in [0.3, 0.4) is 0 Å². The number of carbonyl (C=O) groups is 3. The molecule has 0 aromatic heterocycles. The van der Waals surface area contributed by atoms with Gasteiger partial charge in [-0.15, -0.1) is 0 Å². The molecule has 0 radical (unpaired) electrons. The fourth-order valence-electron chi connectivity index (χ4n) is 2.29. The van der Waals surface area contributed by atoms with Crippen molar-refractivity contribution in [3.63, 3.8) is 0 Å². The van der Waals surface area contributed by atoms with Gasteiger partial charge in [-0.25, -0.2) is 0 Å². The van der Waals surface area contributed by atoms with Crippen molar-refractivity contribution < 1.29 is 24.6 Å². The summed E-state index contributed by atoms with van der Waals surface area (Å²) in [6.45, 7) is 6.94. The van der Waals surface area contributed by atoms with Crippen LogP contribution < -0.4 is 16.0 Å². The number of aromatic hydroxyl groups is 2. The third kappa shape index (κ3) is 5.97. The molecule has 8 nitrogen and oxygen atoms in total. The quantitative estimate of drug-likeness (QED) is 0.375. The van der Waals surface area contributed by atoms with E-state index in [9.17, 15) is 24.6 Å². The Hall–Kier alpha value is -3.55. The number of hydrogen-bond donors (Lipinski definition) is 5. The number of phenolic OH excluding ortho intramolecular Hbond substituents is 2. The molecule has 0 unspecified atom stereocenters. The van der Waals surface area contributed by atoms with Crippen molar-refractivity contribution in [2.24, 2.45) is 11.8 Å². The molecule has 0 heterocycles. The fraction of sp³-hybridized carbons (Fsp3) is 0.286. The topological polar surface area (TPSA) is 128 Å². The Labute approximate surface area is 168 Å². The molecule has 0 atom stereocenters. The lowest BCUT2D eigenvalue weighted by atomic mass is 10.1. The summed E-state index contributed by atoms with van der Waals surface area (Å²) in [5, 5.41) is 27.3. The van der Waals surface area contributed by atoms with Crippen LogP contribution in [0.4, 0.5) is 17.1 Å². The minimum Gasteiger partial charge on any atom is -0.508 e. The van der Waals surface area contributed by atoms with Gasteiger partial charge in [-0.1, -0.05) is 27.7 Å². The van der Waals surface area contributed by atoms with Gasteiger partial charge >= 0.3 is 0 Å². The van der Waals surface area contributed by atoms with Gasteiger partial charge < -0.3 is 26.2 Å². The second kappa shape index (κ2) is 9.09. The number of rotatable bonds is 6. The van der Waals surface area contributed by atoms with Crippen molar-refractivity contribution in [3.8, 4) is 11.5 Å². The molecule has 2 aromatic rings. The average molecular weight is 399 g/mol. The lowest BCUT2D eigenvalue weighted by Gasteiger charge is -2.14. The van der Waals surface area contributed by atoms with Crippen LogP contribution in [-0.2, 0) is 9.59 Å². The van der Waals surface area contributed by atoms with Gasteiger partial charge in [0, 0.05) is 34.8 Å². The third-order valence-electron chi connectivity index (χ3n) is 4.01. The van der Waals surface area contributed by atoms with Gasteiger partial charge in [0.15, 0.2) is 0 Å². The van der Waals surface area contributed by atoms with Crippen molar-refractivity contribution in [3.05, 3.63) is 42.0 Å². The molecule has 8 heteroatoms. The third-order valence-corrected chi connectivity index (χ3v) is 4.01.